The Kier molecular flexibility index (Phi) is 3.48. The van der Waals surface area contributed by atoms with Crippen LogP contribution < -0.4 is 11.1 Å². The number of anilines is 2. The van der Waals surface area contributed by atoms with Crippen LogP contribution in [0.4, 0.5) is 11.5 Å². The summed E-state index contributed by atoms with van der Waals surface area (Å²) in [4.78, 5) is 28.8. The Morgan fingerprint density at radius 1 is 1.36 bits per heavy atom. The van der Waals surface area contributed by atoms with Crippen molar-refractivity contribution in [3.63, 3.8) is 0 Å². The highest BCUT2D eigenvalue weighted by Gasteiger charge is 2.30. The van der Waals surface area contributed by atoms with Crippen molar-refractivity contribution in [2.75, 3.05) is 11.1 Å². The minimum absolute atomic E-state index is 0.0204. The van der Waals surface area contributed by atoms with Crippen LogP contribution in [0.1, 0.15) is 23.5 Å². The van der Waals surface area contributed by atoms with Gasteiger partial charge in [-0.15, -0.1) is 5.10 Å². The number of rotatable bonds is 4. The van der Waals surface area contributed by atoms with Gasteiger partial charge in [0.15, 0.2) is 5.82 Å². The second kappa shape index (κ2) is 5.69. The molecule has 0 unspecified atom stereocenters. The predicted octanol–water partition coefficient (Wildman–Crippen LogP) is 1.21. The van der Waals surface area contributed by atoms with Crippen LogP contribution in [-0.4, -0.2) is 36.4 Å². The zero-order chi connectivity index (χ0) is 17.6. The summed E-state index contributed by atoms with van der Waals surface area (Å²) in [6.45, 7) is 1.74. The van der Waals surface area contributed by atoms with Gasteiger partial charge in [-0.05, 0) is 38.0 Å². The standard InChI is InChI=1S/C16H17N7O2/c1-9-18-12-5-4-11(17)6-13(12)23(9)15(24)8-22-7-14(20-21-22)19-16(25)10-2-3-10/h4-7,10H,2-3,8,17H2,1H3,(H,19,25). The Hall–Kier alpha value is -3.23. The van der Waals surface area contributed by atoms with E-state index >= 15 is 0 Å². The van der Waals surface area contributed by atoms with Gasteiger partial charge in [-0.25, -0.2) is 9.67 Å². The Balaban J connectivity index is 1.54. The van der Waals surface area contributed by atoms with Gasteiger partial charge in [0.1, 0.15) is 12.4 Å². The van der Waals surface area contributed by atoms with E-state index < -0.39 is 0 Å². The third kappa shape index (κ3) is 2.95. The van der Waals surface area contributed by atoms with Crippen molar-refractivity contribution in [1.82, 2.24) is 24.5 Å². The fourth-order valence-corrected chi connectivity index (χ4v) is 2.74. The maximum Gasteiger partial charge on any atom is 0.254 e. The van der Waals surface area contributed by atoms with E-state index in [9.17, 15) is 9.59 Å². The highest BCUT2D eigenvalue weighted by Crippen LogP contribution is 2.29. The quantitative estimate of drug-likeness (QED) is 0.689. The molecule has 1 fully saturated rings. The molecule has 0 spiro atoms. The number of benzene rings is 1. The zero-order valence-corrected chi connectivity index (χ0v) is 13.6. The third-order valence-electron chi connectivity index (χ3n) is 4.13. The molecule has 2 aromatic heterocycles. The topological polar surface area (TPSA) is 121 Å². The molecule has 1 amide bonds. The van der Waals surface area contributed by atoms with Crippen molar-refractivity contribution in [3.8, 4) is 0 Å². The monoisotopic (exact) mass is 339 g/mol. The second-order valence-electron chi connectivity index (χ2n) is 6.20. The van der Waals surface area contributed by atoms with Crippen molar-refractivity contribution in [3.05, 3.63) is 30.2 Å². The molecule has 1 saturated carbocycles. The summed E-state index contributed by atoms with van der Waals surface area (Å²) < 4.78 is 2.90. The molecular weight excluding hydrogens is 322 g/mol. The van der Waals surface area contributed by atoms with E-state index in [1.54, 1.807) is 31.3 Å². The molecule has 4 rings (SSSR count). The van der Waals surface area contributed by atoms with Crippen LogP contribution in [0, 0.1) is 12.8 Å². The highest BCUT2D eigenvalue weighted by atomic mass is 16.2. The number of imidazole rings is 1. The first-order valence-corrected chi connectivity index (χ1v) is 8.00. The van der Waals surface area contributed by atoms with E-state index in [2.05, 4.69) is 20.6 Å². The van der Waals surface area contributed by atoms with Gasteiger partial charge >= 0.3 is 0 Å². The number of nitrogens with one attached hydrogen (secondary N) is 1. The second-order valence-corrected chi connectivity index (χ2v) is 6.20. The molecule has 25 heavy (non-hydrogen) atoms. The van der Waals surface area contributed by atoms with Crippen molar-refractivity contribution in [1.29, 1.82) is 0 Å². The number of nitrogen functional groups attached to an aromatic ring is 1. The number of hydrogen-bond acceptors (Lipinski definition) is 6. The van der Waals surface area contributed by atoms with Crippen LogP contribution in [0.5, 0.6) is 0 Å². The third-order valence-corrected chi connectivity index (χ3v) is 4.13. The van der Waals surface area contributed by atoms with Gasteiger partial charge in [0.2, 0.25) is 5.91 Å². The number of carbonyl (C=O) groups excluding carboxylic acids is 2. The minimum atomic E-state index is -0.212. The molecule has 128 valence electrons. The summed E-state index contributed by atoms with van der Waals surface area (Å²) >= 11 is 0. The number of aryl methyl sites for hydroxylation is 1. The van der Waals surface area contributed by atoms with Gasteiger partial charge in [-0.3, -0.25) is 14.2 Å². The van der Waals surface area contributed by atoms with Crippen molar-refractivity contribution in [2.24, 2.45) is 5.92 Å². The van der Waals surface area contributed by atoms with Crippen LogP contribution in [0.15, 0.2) is 24.4 Å². The van der Waals surface area contributed by atoms with E-state index in [0.29, 0.717) is 28.4 Å². The van der Waals surface area contributed by atoms with Crippen molar-refractivity contribution >= 4 is 34.4 Å². The normalized spacial score (nSPS) is 14.0. The molecule has 1 aromatic carbocycles. The molecule has 0 radical (unpaired) electrons. The van der Waals surface area contributed by atoms with Crippen molar-refractivity contribution in [2.45, 2.75) is 26.3 Å². The summed E-state index contributed by atoms with van der Waals surface area (Å²) in [5.74, 6) is 0.743. The molecule has 0 saturated heterocycles. The summed E-state index contributed by atoms with van der Waals surface area (Å²) in [7, 11) is 0. The number of amides is 1. The van der Waals surface area contributed by atoms with Gasteiger partial charge in [0.05, 0.1) is 17.2 Å². The van der Waals surface area contributed by atoms with Crippen molar-refractivity contribution < 1.29 is 9.59 Å². The fourth-order valence-electron chi connectivity index (χ4n) is 2.74. The maximum absolute atomic E-state index is 12.7. The smallest absolute Gasteiger partial charge is 0.254 e. The Labute approximate surface area is 142 Å². The fraction of sp³-hybridized carbons (Fsp3) is 0.312. The Morgan fingerprint density at radius 3 is 2.92 bits per heavy atom. The van der Waals surface area contributed by atoms with Crippen LogP contribution in [0.25, 0.3) is 11.0 Å². The molecule has 3 aromatic rings. The first-order valence-electron chi connectivity index (χ1n) is 8.00. The van der Waals surface area contributed by atoms with E-state index in [1.807, 2.05) is 0 Å². The highest BCUT2D eigenvalue weighted by molar-refractivity contribution is 5.93. The van der Waals surface area contributed by atoms with Crippen LogP contribution in [0.3, 0.4) is 0 Å². The zero-order valence-electron chi connectivity index (χ0n) is 13.6. The molecule has 9 heteroatoms. The molecule has 1 aliphatic rings. The van der Waals surface area contributed by atoms with Gasteiger partial charge in [-0.2, -0.15) is 0 Å². The number of hydrogen-bond donors (Lipinski definition) is 2. The number of nitrogens with two attached hydrogens (primary N) is 1. The number of carbonyl (C=O) groups is 2. The van der Waals surface area contributed by atoms with E-state index in [4.69, 9.17) is 5.73 Å². The van der Waals surface area contributed by atoms with Crippen LogP contribution in [-0.2, 0) is 11.3 Å². The summed E-state index contributed by atoms with van der Waals surface area (Å²) in [6.07, 6.45) is 3.37. The first-order chi connectivity index (χ1) is 12.0. The lowest BCUT2D eigenvalue weighted by Crippen LogP contribution is -2.19. The predicted molar refractivity (Wildman–Crippen MR) is 90.9 cm³/mol. The maximum atomic E-state index is 12.7. The van der Waals surface area contributed by atoms with Gasteiger partial charge in [0.25, 0.3) is 5.91 Å². The molecule has 9 nitrogen and oxygen atoms in total. The van der Waals surface area contributed by atoms with E-state index in [-0.39, 0.29) is 24.3 Å². The number of fused-ring (bicyclic) bond motifs is 1. The average Bonchev–Trinajstić information content (AvgIpc) is 3.25. The van der Waals surface area contributed by atoms with Crippen LogP contribution >= 0.6 is 0 Å². The summed E-state index contributed by atoms with van der Waals surface area (Å²) in [5.41, 5.74) is 7.74. The van der Waals surface area contributed by atoms with Gasteiger partial charge < -0.3 is 11.1 Å². The number of aromatic nitrogens is 5. The lowest BCUT2D eigenvalue weighted by atomic mass is 10.3. The van der Waals surface area contributed by atoms with E-state index in [0.717, 1.165) is 12.8 Å². The SMILES string of the molecule is Cc1nc2ccc(N)cc2n1C(=O)Cn1cc(NC(=O)C2CC2)nn1. The average molecular weight is 339 g/mol. The van der Waals surface area contributed by atoms with Gasteiger partial charge in [0, 0.05) is 11.6 Å². The minimum Gasteiger partial charge on any atom is -0.399 e. The molecule has 3 N–H and O–H groups in total. The number of nitrogens with zero attached hydrogens (tertiary/aromatic N) is 5. The molecule has 1 aliphatic carbocycles. The Morgan fingerprint density at radius 2 is 2.16 bits per heavy atom. The molecule has 0 atom stereocenters. The molecule has 2 heterocycles. The lowest BCUT2D eigenvalue weighted by Gasteiger charge is -2.05. The Bertz CT molecular complexity index is 984. The summed E-state index contributed by atoms with van der Waals surface area (Å²) in [6, 6.07) is 5.24. The summed E-state index contributed by atoms with van der Waals surface area (Å²) in [5, 5.41) is 10.5. The largest absolute Gasteiger partial charge is 0.399 e. The molecular formula is C16H17N7O2. The van der Waals surface area contributed by atoms with Gasteiger partial charge in [-0.1, -0.05) is 5.21 Å². The molecule has 0 aliphatic heterocycles. The first kappa shape index (κ1) is 15.3. The molecule has 0 bridgehead atoms. The lowest BCUT2D eigenvalue weighted by molar-refractivity contribution is -0.117. The van der Waals surface area contributed by atoms with Crippen LogP contribution in [0.2, 0.25) is 0 Å². The van der Waals surface area contributed by atoms with E-state index in [1.165, 1.54) is 9.25 Å².